The molecule has 0 heterocycles. The fraction of sp³-hybridized carbons (Fsp3) is 0.154. The fourth-order valence-electron chi connectivity index (χ4n) is 3.69. The quantitative estimate of drug-likeness (QED) is 0.322. The van der Waals surface area contributed by atoms with Crippen LogP contribution in [0.5, 0.6) is 0 Å². The van der Waals surface area contributed by atoms with E-state index < -0.39 is 8.07 Å². The van der Waals surface area contributed by atoms with Gasteiger partial charge in [0.05, 0.1) is 18.8 Å². The second-order valence-electron chi connectivity index (χ2n) is 8.64. The van der Waals surface area contributed by atoms with Crippen molar-refractivity contribution in [2.45, 2.75) is 26.2 Å². The topological polar surface area (TPSA) is 12.0 Å². The Bertz CT molecular complexity index is 1170. The van der Waals surface area contributed by atoms with Crippen molar-refractivity contribution in [1.82, 2.24) is 0 Å². The van der Waals surface area contributed by atoms with Crippen molar-refractivity contribution in [3.63, 3.8) is 0 Å². The number of anilines is 1. The Morgan fingerprint density at radius 1 is 0.867 bits per heavy atom. The third kappa shape index (κ3) is 4.28. The van der Waals surface area contributed by atoms with Crippen molar-refractivity contribution in [2.24, 2.45) is 0 Å². The van der Waals surface area contributed by atoms with Crippen LogP contribution in [0.4, 0.5) is 10.1 Å². The van der Waals surface area contributed by atoms with E-state index in [4.69, 9.17) is 11.6 Å². The van der Waals surface area contributed by atoms with Crippen molar-refractivity contribution < 1.29 is 4.39 Å². The summed E-state index contributed by atoms with van der Waals surface area (Å²) in [6, 6.07) is 26.1. The lowest BCUT2D eigenvalue weighted by atomic mass is 9.98. The van der Waals surface area contributed by atoms with E-state index in [2.05, 4.69) is 61.4 Å². The number of hydrogen-bond acceptors (Lipinski definition) is 1. The normalized spacial score (nSPS) is 11.6. The zero-order valence-electron chi connectivity index (χ0n) is 17.5. The molecule has 0 fully saturated rings. The predicted molar refractivity (Wildman–Crippen MR) is 131 cm³/mol. The third-order valence-electron chi connectivity index (χ3n) is 5.43. The molecule has 0 amide bonds. The first-order valence-electron chi connectivity index (χ1n) is 10.1. The van der Waals surface area contributed by atoms with Gasteiger partial charge in [-0.1, -0.05) is 103 Å². The van der Waals surface area contributed by atoms with E-state index in [0.717, 1.165) is 27.5 Å². The lowest BCUT2D eigenvalue weighted by Crippen LogP contribution is -2.37. The highest BCUT2D eigenvalue weighted by Gasteiger charge is 2.16. The van der Waals surface area contributed by atoms with E-state index in [0.29, 0.717) is 17.3 Å². The zero-order chi connectivity index (χ0) is 21.3. The van der Waals surface area contributed by atoms with E-state index in [1.54, 1.807) is 6.07 Å². The van der Waals surface area contributed by atoms with Crippen LogP contribution >= 0.6 is 11.6 Å². The average molecular weight is 434 g/mol. The van der Waals surface area contributed by atoms with Gasteiger partial charge in [0, 0.05) is 6.54 Å². The maximum absolute atomic E-state index is 15.0. The van der Waals surface area contributed by atoms with Gasteiger partial charge in [-0.05, 0) is 39.6 Å². The van der Waals surface area contributed by atoms with E-state index in [9.17, 15) is 4.39 Å². The molecule has 4 aromatic rings. The number of halogens is 2. The molecule has 30 heavy (non-hydrogen) atoms. The highest BCUT2D eigenvalue weighted by atomic mass is 35.5. The molecule has 4 aromatic carbocycles. The van der Waals surface area contributed by atoms with Gasteiger partial charge in [-0.3, -0.25) is 0 Å². The van der Waals surface area contributed by atoms with Gasteiger partial charge in [0.15, 0.2) is 0 Å². The summed E-state index contributed by atoms with van der Waals surface area (Å²) in [5.41, 5.74) is 3.20. The summed E-state index contributed by atoms with van der Waals surface area (Å²) in [7, 11) is -1.32. The second kappa shape index (κ2) is 8.25. The Labute approximate surface area is 183 Å². The number of nitrogens with one attached hydrogen (secondary N) is 1. The fourth-order valence-corrected chi connectivity index (χ4v) is 5.13. The Balaban J connectivity index is 1.59. The zero-order valence-corrected chi connectivity index (χ0v) is 19.2. The summed E-state index contributed by atoms with van der Waals surface area (Å²) in [5, 5.41) is 7.18. The van der Waals surface area contributed by atoms with Gasteiger partial charge in [0.2, 0.25) is 0 Å². The molecule has 152 valence electrons. The molecule has 1 N–H and O–H groups in total. The van der Waals surface area contributed by atoms with Gasteiger partial charge in [-0.25, -0.2) is 4.39 Å². The first kappa shape index (κ1) is 20.6. The van der Waals surface area contributed by atoms with Crippen molar-refractivity contribution >= 4 is 41.3 Å². The van der Waals surface area contributed by atoms with Crippen molar-refractivity contribution in [1.29, 1.82) is 0 Å². The van der Waals surface area contributed by atoms with Gasteiger partial charge < -0.3 is 5.32 Å². The van der Waals surface area contributed by atoms with Crippen LogP contribution in [0, 0.1) is 5.82 Å². The van der Waals surface area contributed by atoms with Crippen molar-refractivity contribution in [2.75, 3.05) is 5.32 Å². The van der Waals surface area contributed by atoms with E-state index in [1.165, 1.54) is 5.19 Å². The molecule has 0 aromatic heterocycles. The third-order valence-corrected chi connectivity index (χ3v) is 7.80. The highest BCUT2D eigenvalue weighted by Crippen LogP contribution is 2.35. The molecular formula is C26H25ClFNSi. The van der Waals surface area contributed by atoms with Crippen LogP contribution in [-0.4, -0.2) is 8.07 Å². The van der Waals surface area contributed by atoms with Crippen LogP contribution in [0.25, 0.3) is 21.9 Å². The SMILES string of the molecule is C[Si](C)(C)c1ccc(CNc2c(F)cc(-c3cccc4ccccc34)cc2Cl)cc1. The molecule has 4 heteroatoms. The summed E-state index contributed by atoms with van der Waals surface area (Å²) in [4.78, 5) is 0. The molecule has 0 spiro atoms. The van der Waals surface area contributed by atoms with Gasteiger partial charge in [-0.15, -0.1) is 0 Å². The standard InChI is InChI=1S/C26H25ClFNSi/c1-30(2,3)21-13-11-18(12-14-21)17-29-26-24(27)15-20(16-25(26)28)23-10-6-8-19-7-4-5-9-22(19)23/h4-16,29H,17H2,1-3H3. The molecule has 0 saturated carbocycles. The number of rotatable bonds is 5. The molecule has 0 aliphatic heterocycles. The largest absolute Gasteiger partial charge is 0.377 e. The summed E-state index contributed by atoms with van der Waals surface area (Å²) in [6.07, 6.45) is 0. The van der Waals surface area contributed by atoms with Crippen molar-refractivity contribution in [3.05, 3.63) is 95.3 Å². The summed E-state index contributed by atoms with van der Waals surface area (Å²) >= 11 is 6.49. The molecule has 0 atom stereocenters. The molecule has 0 aliphatic carbocycles. The molecule has 0 saturated heterocycles. The molecule has 0 aliphatic rings. The summed E-state index contributed by atoms with van der Waals surface area (Å²) in [5.74, 6) is -0.343. The minimum atomic E-state index is -1.32. The van der Waals surface area contributed by atoms with Crippen LogP contribution in [0.15, 0.2) is 78.9 Å². The van der Waals surface area contributed by atoms with Crippen molar-refractivity contribution in [3.8, 4) is 11.1 Å². The first-order chi connectivity index (χ1) is 14.3. The number of hydrogen-bond donors (Lipinski definition) is 1. The minimum Gasteiger partial charge on any atom is -0.377 e. The first-order valence-corrected chi connectivity index (χ1v) is 14.0. The molecule has 1 nitrogen and oxygen atoms in total. The lowest BCUT2D eigenvalue weighted by molar-refractivity contribution is 0.630. The molecular weight excluding hydrogens is 409 g/mol. The molecule has 0 radical (unpaired) electrons. The molecule has 4 rings (SSSR count). The predicted octanol–water partition coefficient (Wildman–Crippen LogP) is 7.46. The van der Waals surface area contributed by atoms with Crippen LogP contribution in [0.1, 0.15) is 5.56 Å². The lowest BCUT2D eigenvalue weighted by Gasteiger charge is -2.17. The van der Waals surface area contributed by atoms with Gasteiger partial charge in [-0.2, -0.15) is 0 Å². The summed E-state index contributed by atoms with van der Waals surface area (Å²) < 4.78 is 15.0. The monoisotopic (exact) mass is 433 g/mol. The van der Waals surface area contributed by atoms with Crippen LogP contribution in [-0.2, 0) is 6.54 Å². The Hall–Kier alpha value is -2.62. The minimum absolute atomic E-state index is 0.343. The highest BCUT2D eigenvalue weighted by molar-refractivity contribution is 6.88. The maximum atomic E-state index is 15.0. The van der Waals surface area contributed by atoms with Gasteiger partial charge in [0.25, 0.3) is 0 Å². The Kier molecular flexibility index (Phi) is 5.68. The molecule has 0 unspecified atom stereocenters. The second-order valence-corrected chi connectivity index (χ2v) is 14.1. The van der Waals surface area contributed by atoms with Crippen LogP contribution in [0.3, 0.4) is 0 Å². The molecule has 0 bridgehead atoms. The average Bonchev–Trinajstić information content (AvgIpc) is 2.72. The van der Waals surface area contributed by atoms with E-state index in [-0.39, 0.29) is 5.82 Å². The van der Waals surface area contributed by atoms with Gasteiger partial charge >= 0.3 is 0 Å². The Morgan fingerprint density at radius 3 is 2.27 bits per heavy atom. The number of benzene rings is 4. The Morgan fingerprint density at radius 2 is 1.57 bits per heavy atom. The van der Waals surface area contributed by atoms with Crippen LogP contribution < -0.4 is 10.5 Å². The smallest absolute Gasteiger partial charge is 0.148 e. The van der Waals surface area contributed by atoms with Crippen LogP contribution in [0.2, 0.25) is 24.7 Å². The van der Waals surface area contributed by atoms with E-state index in [1.807, 2.05) is 36.4 Å². The van der Waals surface area contributed by atoms with E-state index >= 15 is 0 Å². The summed E-state index contributed by atoms with van der Waals surface area (Å²) in [6.45, 7) is 7.50. The number of fused-ring (bicyclic) bond motifs is 1. The maximum Gasteiger partial charge on any atom is 0.148 e. The van der Waals surface area contributed by atoms with Gasteiger partial charge in [0.1, 0.15) is 5.82 Å².